The number of hydrogen-bond acceptors (Lipinski definition) is 4. The number of aryl methyl sites for hydroxylation is 2. The quantitative estimate of drug-likeness (QED) is 0.399. The van der Waals surface area contributed by atoms with Gasteiger partial charge in [-0.25, -0.2) is 8.42 Å². The Morgan fingerprint density at radius 1 is 0.886 bits per heavy atom. The van der Waals surface area contributed by atoms with Gasteiger partial charge in [0.1, 0.15) is 0 Å². The van der Waals surface area contributed by atoms with E-state index < -0.39 is 15.9 Å². The van der Waals surface area contributed by atoms with Gasteiger partial charge in [-0.2, -0.15) is 0 Å². The van der Waals surface area contributed by atoms with E-state index in [-0.39, 0.29) is 21.7 Å². The third-order valence-electron chi connectivity index (χ3n) is 5.51. The highest BCUT2D eigenvalue weighted by molar-refractivity contribution is 7.92. The number of hydrogen-bond donors (Lipinski definition) is 2. The third-order valence-corrected chi connectivity index (χ3v) is 7.02. The summed E-state index contributed by atoms with van der Waals surface area (Å²) in [5.41, 5.74) is 3.17. The number of amides is 1. The normalized spacial score (nSPS) is 11.1. The minimum atomic E-state index is -3.89. The van der Waals surface area contributed by atoms with Crippen molar-refractivity contribution in [3.05, 3.63) is 124 Å². The van der Waals surface area contributed by atoms with E-state index in [1.54, 1.807) is 78.4 Å². The minimum Gasteiger partial charge on any atom is -0.322 e. The zero-order chi connectivity index (χ0) is 25.0. The Kier molecular flexibility index (Phi) is 6.84. The van der Waals surface area contributed by atoms with E-state index >= 15 is 0 Å². The number of carbonyl (C=O) groups excluding carboxylic acids is 1. The van der Waals surface area contributed by atoms with Crippen molar-refractivity contribution in [3.63, 3.8) is 0 Å². The molecule has 0 fully saturated rings. The molecule has 8 heteroatoms. The van der Waals surface area contributed by atoms with E-state index in [4.69, 9.17) is 0 Å². The summed E-state index contributed by atoms with van der Waals surface area (Å²) in [4.78, 5) is 25.1. The lowest BCUT2D eigenvalue weighted by Crippen LogP contribution is -2.19. The van der Waals surface area contributed by atoms with Crippen LogP contribution in [0.15, 0.2) is 101 Å². The first-order valence-electron chi connectivity index (χ1n) is 11.0. The molecule has 0 spiro atoms. The van der Waals surface area contributed by atoms with E-state index in [0.717, 1.165) is 11.1 Å². The Morgan fingerprint density at radius 3 is 2.34 bits per heavy atom. The Hall–Kier alpha value is -4.17. The number of para-hydroxylation sites is 1. The molecule has 0 aliphatic carbocycles. The lowest BCUT2D eigenvalue weighted by Gasteiger charge is -2.14. The van der Waals surface area contributed by atoms with Crippen molar-refractivity contribution < 1.29 is 13.2 Å². The van der Waals surface area contributed by atoms with Crippen LogP contribution in [0.3, 0.4) is 0 Å². The van der Waals surface area contributed by atoms with Crippen LogP contribution in [0, 0.1) is 13.8 Å². The maximum Gasteiger partial charge on any atom is 0.262 e. The summed E-state index contributed by atoms with van der Waals surface area (Å²) in [5.74, 6) is -0.448. The highest BCUT2D eigenvalue weighted by Crippen LogP contribution is 2.24. The topological polar surface area (TPSA) is 97.3 Å². The SMILES string of the molecule is Cc1ccc(C)c(S(=O)(=O)Nc2ccccc2C(=O)Nc2ccc(Cn3ccccc3=O)cc2)c1. The zero-order valence-corrected chi connectivity index (χ0v) is 20.2. The van der Waals surface area contributed by atoms with Gasteiger partial charge in [0.05, 0.1) is 22.7 Å². The standard InChI is InChI=1S/C27H25N3O4S/c1-19-10-11-20(2)25(17-19)35(33,34)29-24-8-4-3-7-23(24)27(32)28-22-14-12-21(13-15-22)18-30-16-6-5-9-26(30)31/h3-17,29H,18H2,1-2H3,(H,28,32). The van der Waals surface area contributed by atoms with E-state index in [1.165, 1.54) is 6.07 Å². The van der Waals surface area contributed by atoms with Gasteiger partial charge in [0.25, 0.3) is 21.5 Å². The van der Waals surface area contributed by atoms with Crippen molar-refractivity contribution in [2.24, 2.45) is 0 Å². The van der Waals surface area contributed by atoms with Gasteiger partial charge in [0.2, 0.25) is 0 Å². The molecule has 1 heterocycles. The maximum absolute atomic E-state index is 13.1. The van der Waals surface area contributed by atoms with Crippen LogP contribution in [0.2, 0.25) is 0 Å². The molecule has 0 saturated heterocycles. The fourth-order valence-electron chi connectivity index (χ4n) is 3.65. The lowest BCUT2D eigenvalue weighted by molar-refractivity contribution is 0.102. The second-order valence-electron chi connectivity index (χ2n) is 8.24. The summed E-state index contributed by atoms with van der Waals surface area (Å²) in [5, 5.41) is 2.80. The first-order valence-corrected chi connectivity index (χ1v) is 12.5. The number of rotatable bonds is 7. The van der Waals surface area contributed by atoms with Crippen LogP contribution in [0.4, 0.5) is 11.4 Å². The summed E-state index contributed by atoms with van der Waals surface area (Å²) >= 11 is 0. The van der Waals surface area contributed by atoms with Gasteiger partial charge in [0.15, 0.2) is 0 Å². The summed E-state index contributed by atoms with van der Waals surface area (Å²) in [7, 11) is -3.89. The molecule has 0 bridgehead atoms. The molecule has 0 saturated carbocycles. The van der Waals surface area contributed by atoms with Crippen LogP contribution in [-0.2, 0) is 16.6 Å². The molecular weight excluding hydrogens is 462 g/mol. The maximum atomic E-state index is 13.1. The molecule has 2 N–H and O–H groups in total. The molecule has 178 valence electrons. The van der Waals surface area contributed by atoms with Crippen LogP contribution in [0.25, 0.3) is 0 Å². The van der Waals surface area contributed by atoms with Gasteiger partial charge in [-0.1, -0.05) is 42.5 Å². The number of benzene rings is 3. The Balaban J connectivity index is 1.52. The largest absolute Gasteiger partial charge is 0.322 e. The average molecular weight is 488 g/mol. The van der Waals surface area contributed by atoms with Gasteiger partial charge in [-0.3, -0.25) is 14.3 Å². The number of anilines is 2. The zero-order valence-electron chi connectivity index (χ0n) is 19.4. The predicted molar refractivity (Wildman–Crippen MR) is 137 cm³/mol. The molecule has 0 atom stereocenters. The van der Waals surface area contributed by atoms with Gasteiger partial charge < -0.3 is 9.88 Å². The van der Waals surface area contributed by atoms with Crippen LogP contribution in [0.1, 0.15) is 27.0 Å². The molecule has 7 nitrogen and oxygen atoms in total. The number of nitrogens with zero attached hydrogens (tertiary/aromatic N) is 1. The summed E-state index contributed by atoms with van der Waals surface area (Å²) in [6, 6.07) is 23.8. The Labute approximate surface area is 204 Å². The lowest BCUT2D eigenvalue weighted by atomic mass is 10.1. The molecule has 1 amide bonds. The smallest absolute Gasteiger partial charge is 0.262 e. The Morgan fingerprint density at radius 2 is 1.60 bits per heavy atom. The number of aromatic nitrogens is 1. The fourth-order valence-corrected chi connectivity index (χ4v) is 5.06. The highest BCUT2D eigenvalue weighted by atomic mass is 32.2. The molecular formula is C27H25N3O4S. The summed E-state index contributed by atoms with van der Waals surface area (Å²) in [6.07, 6.45) is 1.72. The molecule has 4 aromatic rings. The van der Waals surface area contributed by atoms with Gasteiger partial charge in [-0.15, -0.1) is 0 Å². The molecule has 4 rings (SSSR count). The first-order chi connectivity index (χ1) is 16.7. The van der Waals surface area contributed by atoms with E-state index in [1.807, 2.05) is 25.1 Å². The van der Waals surface area contributed by atoms with E-state index in [2.05, 4.69) is 10.0 Å². The van der Waals surface area contributed by atoms with Crippen molar-refractivity contribution in [1.29, 1.82) is 0 Å². The van der Waals surface area contributed by atoms with E-state index in [9.17, 15) is 18.0 Å². The number of pyridine rings is 1. The highest BCUT2D eigenvalue weighted by Gasteiger charge is 2.20. The van der Waals surface area contributed by atoms with Crippen molar-refractivity contribution in [2.45, 2.75) is 25.3 Å². The van der Waals surface area contributed by atoms with Gasteiger partial charge >= 0.3 is 0 Å². The van der Waals surface area contributed by atoms with Crippen LogP contribution in [0.5, 0.6) is 0 Å². The molecule has 3 aromatic carbocycles. The van der Waals surface area contributed by atoms with Crippen LogP contribution < -0.4 is 15.6 Å². The molecule has 35 heavy (non-hydrogen) atoms. The summed E-state index contributed by atoms with van der Waals surface area (Å²) in [6.45, 7) is 3.96. The first kappa shape index (κ1) is 24.0. The van der Waals surface area contributed by atoms with Crippen molar-refractivity contribution >= 4 is 27.3 Å². The van der Waals surface area contributed by atoms with Crippen molar-refractivity contribution in [3.8, 4) is 0 Å². The molecule has 0 unspecified atom stereocenters. The average Bonchev–Trinajstić information content (AvgIpc) is 2.83. The van der Waals surface area contributed by atoms with Crippen LogP contribution >= 0.6 is 0 Å². The minimum absolute atomic E-state index is 0.0928. The Bertz CT molecular complexity index is 1540. The number of sulfonamides is 1. The fraction of sp³-hybridized carbons (Fsp3) is 0.111. The number of carbonyl (C=O) groups is 1. The molecule has 0 radical (unpaired) electrons. The second kappa shape index (κ2) is 9.99. The second-order valence-corrected chi connectivity index (χ2v) is 9.89. The van der Waals surface area contributed by atoms with Crippen molar-refractivity contribution in [2.75, 3.05) is 10.0 Å². The van der Waals surface area contributed by atoms with Gasteiger partial charge in [0, 0.05) is 18.0 Å². The third kappa shape index (κ3) is 5.67. The molecule has 1 aromatic heterocycles. The number of nitrogens with one attached hydrogen (secondary N) is 2. The molecule has 0 aliphatic rings. The van der Waals surface area contributed by atoms with Crippen LogP contribution in [-0.4, -0.2) is 18.9 Å². The predicted octanol–water partition coefficient (Wildman–Crippen LogP) is 4.57. The van der Waals surface area contributed by atoms with E-state index in [0.29, 0.717) is 17.8 Å². The summed E-state index contributed by atoms with van der Waals surface area (Å²) < 4.78 is 30.3. The van der Waals surface area contributed by atoms with Crippen molar-refractivity contribution in [1.82, 2.24) is 4.57 Å². The monoisotopic (exact) mass is 487 g/mol. The molecule has 0 aliphatic heterocycles. The van der Waals surface area contributed by atoms with Gasteiger partial charge in [-0.05, 0) is 66.9 Å².